The van der Waals surface area contributed by atoms with Crippen molar-refractivity contribution in [3.63, 3.8) is 0 Å². The standard InChI is InChI=1S/C24H42O4/c1-23(2,3)15-27-21(25)14-20(22(26)28-16-24(4,5)6)19-13-9-11-17-10-7-8-12-18(17)19/h17-20H,7-16H2,1-6H3. The molecule has 0 aliphatic heterocycles. The fraction of sp³-hybridized carbons (Fsp3) is 0.917. The van der Waals surface area contributed by atoms with Gasteiger partial charge in [-0.3, -0.25) is 9.59 Å². The lowest BCUT2D eigenvalue weighted by atomic mass is 9.61. The van der Waals surface area contributed by atoms with Crippen molar-refractivity contribution < 1.29 is 19.1 Å². The van der Waals surface area contributed by atoms with Crippen LogP contribution in [-0.4, -0.2) is 25.2 Å². The molecule has 0 aromatic carbocycles. The minimum atomic E-state index is -0.360. The zero-order valence-electron chi connectivity index (χ0n) is 19.0. The summed E-state index contributed by atoms with van der Waals surface area (Å²) < 4.78 is 11.2. The molecule has 4 unspecified atom stereocenters. The first kappa shape index (κ1) is 23.2. The van der Waals surface area contributed by atoms with Gasteiger partial charge in [-0.25, -0.2) is 0 Å². The van der Waals surface area contributed by atoms with E-state index in [0.717, 1.165) is 18.8 Å². The summed E-state index contributed by atoms with van der Waals surface area (Å²) in [7, 11) is 0. The second-order valence-electron chi connectivity index (χ2n) is 11.5. The molecule has 0 saturated heterocycles. The third-order valence-electron chi connectivity index (χ3n) is 6.15. The number of hydrogen-bond donors (Lipinski definition) is 0. The maximum Gasteiger partial charge on any atom is 0.309 e. The van der Waals surface area contributed by atoms with Crippen molar-refractivity contribution in [2.45, 2.75) is 92.9 Å². The molecule has 4 nitrogen and oxygen atoms in total. The van der Waals surface area contributed by atoms with Crippen LogP contribution in [0, 0.1) is 34.5 Å². The lowest BCUT2D eigenvalue weighted by molar-refractivity contribution is -0.162. The fourth-order valence-electron chi connectivity index (χ4n) is 4.83. The Labute approximate surface area is 172 Å². The van der Waals surface area contributed by atoms with Crippen LogP contribution >= 0.6 is 0 Å². The van der Waals surface area contributed by atoms with E-state index in [1.807, 2.05) is 20.8 Å². The Morgan fingerprint density at radius 2 is 1.39 bits per heavy atom. The molecule has 2 fully saturated rings. The van der Waals surface area contributed by atoms with E-state index >= 15 is 0 Å². The lowest BCUT2D eigenvalue weighted by Crippen LogP contribution is -2.40. The number of rotatable bonds is 6. The quantitative estimate of drug-likeness (QED) is 0.536. The zero-order chi connectivity index (χ0) is 20.9. The van der Waals surface area contributed by atoms with Crippen molar-refractivity contribution in [3.05, 3.63) is 0 Å². The van der Waals surface area contributed by atoms with Crippen molar-refractivity contribution in [2.75, 3.05) is 13.2 Å². The molecule has 0 amide bonds. The predicted molar refractivity (Wildman–Crippen MR) is 112 cm³/mol. The molecule has 2 aliphatic carbocycles. The van der Waals surface area contributed by atoms with Gasteiger partial charge < -0.3 is 9.47 Å². The Kier molecular flexibility index (Phi) is 7.98. The van der Waals surface area contributed by atoms with Gasteiger partial charge in [0.2, 0.25) is 0 Å². The predicted octanol–water partition coefficient (Wildman–Crippen LogP) is 5.78. The normalized spacial score (nSPS) is 26.9. The molecular weight excluding hydrogens is 352 g/mol. The molecule has 162 valence electrons. The Hall–Kier alpha value is -1.06. The summed E-state index contributed by atoms with van der Waals surface area (Å²) in [6, 6.07) is 0. The van der Waals surface area contributed by atoms with Crippen LogP contribution in [0.3, 0.4) is 0 Å². The van der Waals surface area contributed by atoms with E-state index in [-0.39, 0.29) is 41.0 Å². The number of carbonyl (C=O) groups is 2. The molecule has 0 heterocycles. The molecule has 2 aliphatic rings. The highest BCUT2D eigenvalue weighted by Gasteiger charge is 2.43. The van der Waals surface area contributed by atoms with E-state index in [9.17, 15) is 9.59 Å². The smallest absolute Gasteiger partial charge is 0.309 e. The molecule has 28 heavy (non-hydrogen) atoms. The first-order chi connectivity index (χ1) is 13.0. The number of fused-ring (bicyclic) bond motifs is 1. The lowest BCUT2D eigenvalue weighted by Gasteiger charge is -2.44. The Morgan fingerprint density at radius 3 is 2.04 bits per heavy atom. The van der Waals surface area contributed by atoms with Gasteiger partial charge in [0, 0.05) is 0 Å². The van der Waals surface area contributed by atoms with Gasteiger partial charge in [0.05, 0.1) is 25.6 Å². The minimum Gasteiger partial charge on any atom is -0.465 e. The van der Waals surface area contributed by atoms with Crippen LogP contribution in [0.2, 0.25) is 0 Å². The van der Waals surface area contributed by atoms with Gasteiger partial charge in [-0.05, 0) is 41.4 Å². The minimum absolute atomic E-state index is 0.0722. The van der Waals surface area contributed by atoms with Crippen molar-refractivity contribution in [1.82, 2.24) is 0 Å². The summed E-state index contributed by atoms with van der Waals surface area (Å²) >= 11 is 0. The van der Waals surface area contributed by atoms with Crippen molar-refractivity contribution in [2.24, 2.45) is 34.5 Å². The van der Waals surface area contributed by atoms with E-state index < -0.39 is 0 Å². The maximum absolute atomic E-state index is 13.1. The summed E-state index contributed by atoms with van der Waals surface area (Å²) in [6.45, 7) is 13.1. The van der Waals surface area contributed by atoms with Gasteiger partial charge in [0.1, 0.15) is 0 Å². The van der Waals surface area contributed by atoms with Crippen molar-refractivity contribution >= 4 is 11.9 Å². The average Bonchev–Trinajstić information content (AvgIpc) is 2.61. The van der Waals surface area contributed by atoms with E-state index in [4.69, 9.17) is 9.47 Å². The molecule has 0 bridgehead atoms. The van der Waals surface area contributed by atoms with Crippen LogP contribution in [0.15, 0.2) is 0 Å². The summed E-state index contributed by atoms with van der Waals surface area (Å²) in [5.41, 5.74) is -0.149. The van der Waals surface area contributed by atoms with Gasteiger partial charge in [0.15, 0.2) is 0 Å². The van der Waals surface area contributed by atoms with Crippen LogP contribution in [0.5, 0.6) is 0 Å². The fourth-order valence-corrected chi connectivity index (χ4v) is 4.83. The highest BCUT2D eigenvalue weighted by Crippen LogP contribution is 2.47. The largest absolute Gasteiger partial charge is 0.465 e. The van der Waals surface area contributed by atoms with E-state index in [0.29, 0.717) is 19.1 Å². The number of hydrogen-bond acceptors (Lipinski definition) is 4. The highest BCUT2D eigenvalue weighted by atomic mass is 16.5. The third kappa shape index (κ3) is 7.40. The number of esters is 2. The Bertz CT molecular complexity index is 524. The Morgan fingerprint density at radius 1 is 0.821 bits per heavy atom. The van der Waals surface area contributed by atoms with Crippen LogP contribution in [0.25, 0.3) is 0 Å². The molecule has 0 radical (unpaired) electrons. The second kappa shape index (κ2) is 9.63. The molecule has 2 saturated carbocycles. The molecule has 0 aromatic heterocycles. The van der Waals surface area contributed by atoms with Crippen molar-refractivity contribution in [3.8, 4) is 0 Å². The van der Waals surface area contributed by atoms with E-state index in [1.54, 1.807) is 0 Å². The SMILES string of the molecule is CC(C)(C)COC(=O)CC(C(=O)OCC(C)(C)C)C1CCCC2CCCCC21. The van der Waals surface area contributed by atoms with Gasteiger partial charge in [-0.1, -0.05) is 73.6 Å². The van der Waals surface area contributed by atoms with Crippen LogP contribution < -0.4 is 0 Å². The Balaban J connectivity index is 2.10. The maximum atomic E-state index is 13.1. The molecule has 4 heteroatoms. The molecule has 2 rings (SSSR count). The second-order valence-corrected chi connectivity index (χ2v) is 11.5. The average molecular weight is 395 g/mol. The van der Waals surface area contributed by atoms with Crippen molar-refractivity contribution in [1.29, 1.82) is 0 Å². The first-order valence-corrected chi connectivity index (χ1v) is 11.3. The number of carbonyl (C=O) groups excluding carboxylic acids is 2. The van der Waals surface area contributed by atoms with E-state index in [1.165, 1.54) is 32.1 Å². The van der Waals surface area contributed by atoms with Gasteiger partial charge >= 0.3 is 11.9 Å². The molecule has 0 N–H and O–H groups in total. The summed E-state index contributed by atoms with van der Waals surface area (Å²) in [4.78, 5) is 25.6. The molecule has 0 aromatic rings. The third-order valence-corrected chi connectivity index (χ3v) is 6.15. The highest BCUT2D eigenvalue weighted by molar-refractivity contribution is 5.80. The summed E-state index contributed by atoms with van der Waals surface area (Å²) in [5.74, 6) is 0.722. The zero-order valence-corrected chi connectivity index (χ0v) is 19.0. The monoisotopic (exact) mass is 394 g/mol. The van der Waals surface area contributed by atoms with Gasteiger partial charge in [0.25, 0.3) is 0 Å². The summed E-state index contributed by atoms with van der Waals surface area (Å²) in [6.07, 6.45) is 8.65. The first-order valence-electron chi connectivity index (χ1n) is 11.3. The summed E-state index contributed by atoms with van der Waals surface area (Å²) in [5, 5.41) is 0. The van der Waals surface area contributed by atoms with Crippen LogP contribution in [0.1, 0.15) is 92.9 Å². The topological polar surface area (TPSA) is 52.6 Å². The molecule has 4 atom stereocenters. The number of ether oxygens (including phenoxy) is 2. The molecular formula is C24H42O4. The molecule has 0 spiro atoms. The van der Waals surface area contributed by atoms with Gasteiger partial charge in [-0.15, -0.1) is 0 Å². The van der Waals surface area contributed by atoms with Crippen LogP contribution in [0.4, 0.5) is 0 Å². The van der Waals surface area contributed by atoms with Crippen LogP contribution in [-0.2, 0) is 19.1 Å². The van der Waals surface area contributed by atoms with E-state index in [2.05, 4.69) is 20.8 Å². The van der Waals surface area contributed by atoms with Gasteiger partial charge in [-0.2, -0.15) is 0 Å².